The second-order valence-electron chi connectivity index (χ2n) is 3.81. The zero-order valence-corrected chi connectivity index (χ0v) is 11.3. The maximum Gasteiger partial charge on any atom is 0.488 e. The van der Waals surface area contributed by atoms with Gasteiger partial charge < -0.3 is 19.2 Å². The van der Waals surface area contributed by atoms with Crippen LogP contribution in [0.2, 0.25) is 0 Å². The van der Waals surface area contributed by atoms with Crippen molar-refractivity contribution in [3.05, 3.63) is 29.7 Å². The van der Waals surface area contributed by atoms with Gasteiger partial charge in [-0.05, 0) is 23.2 Å². The van der Waals surface area contributed by atoms with Crippen molar-refractivity contribution in [2.75, 3.05) is 7.11 Å². The van der Waals surface area contributed by atoms with Crippen LogP contribution in [0, 0.1) is 6.92 Å². The summed E-state index contributed by atoms with van der Waals surface area (Å²) in [4.78, 5) is 0. The molecule has 0 bridgehead atoms. The van der Waals surface area contributed by atoms with E-state index >= 15 is 0 Å². The predicted octanol–water partition coefficient (Wildman–Crippen LogP) is 0.359. The Bertz CT molecular complexity index is 561. The van der Waals surface area contributed by atoms with Gasteiger partial charge in [0.1, 0.15) is 5.75 Å². The molecule has 2 N–H and O–H groups in total. The molecule has 100 valence electrons. The van der Waals surface area contributed by atoms with Crippen molar-refractivity contribution in [2.24, 2.45) is 0 Å². The smallest absolute Gasteiger partial charge is 0.488 e. The van der Waals surface area contributed by atoms with Gasteiger partial charge in [0.05, 0.1) is 7.11 Å². The molecule has 0 unspecified atom stereocenters. The Balaban J connectivity index is 2.17. The van der Waals surface area contributed by atoms with Crippen LogP contribution in [0.4, 0.5) is 0 Å². The highest BCUT2D eigenvalue weighted by atomic mass is 32.2. The van der Waals surface area contributed by atoms with Crippen molar-refractivity contribution in [3.63, 3.8) is 0 Å². The Labute approximate surface area is 115 Å². The van der Waals surface area contributed by atoms with Gasteiger partial charge in [0.15, 0.2) is 0 Å². The van der Waals surface area contributed by atoms with Crippen LogP contribution in [-0.2, 0) is 5.75 Å². The minimum atomic E-state index is -1.52. The molecule has 2 rings (SSSR count). The summed E-state index contributed by atoms with van der Waals surface area (Å²) in [7, 11) is 0.0359. The summed E-state index contributed by atoms with van der Waals surface area (Å²) in [6, 6.07) is 5.06. The van der Waals surface area contributed by atoms with Gasteiger partial charge in [0.2, 0.25) is 5.89 Å². The van der Waals surface area contributed by atoms with Crippen LogP contribution in [0.5, 0.6) is 5.75 Å². The average Bonchev–Trinajstić information content (AvgIpc) is 2.81. The molecule has 0 saturated heterocycles. The summed E-state index contributed by atoms with van der Waals surface area (Å²) < 4.78 is 10.4. The number of hydrogen-bond donors (Lipinski definition) is 2. The third-order valence-electron chi connectivity index (χ3n) is 2.49. The maximum absolute atomic E-state index is 9.32. The lowest BCUT2D eigenvalue weighted by Crippen LogP contribution is -2.32. The Morgan fingerprint density at radius 2 is 2.16 bits per heavy atom. The van der Waals surface area contributed by atoms with Crippen molar-refractivity contribution in [2.45, 2.75) is 17.9 Å². The number of ether oxygens (including phenoxy) is 1. The molecule has 0 spiro atoms. The number of hydrogen-bond acceptors (Lipinski definition) is 7. The highest BCUT2D eigenvalue weighted by Crippen LogP contribution is 2.22. The molecule has 0 aliphatic rings. The predicted molar refractivity (Wildman–Crippen MR) is 71.4 cm³/mol. The molecule has 8 heteroatoms. The topological polar surface area (TPSA) is 88.6 Å². The van der Waals surface area contributed by atoms with Gasteiger partial charge >= 0.3 is 7.12 Å². The van der Waals surface area contributed by atoms with Crippen molar-refractivity contribution < 1.29 is 19.2 Å². The molecular formula is C11H13BN2O4S. The van der Waals surface area contributed by atoms with E-state index in [4.69, 9.17) is 9.15 Å². The van der Waals surface area contributed by atoms with Gasteiger partial charge in [0.25, 0.3) is 5.22 Å². The van der Waals surface area contributed by atoms with E-state index in [1.807, 2.05) is 0 Å². The number of rotatable bonds is 5. The van der Waals surface area contributed by atoms with Crippen LogP contribution in [0.3, 0.4) is 0 Å². The molecule has 19 heavy (non-hydrogen) atoms. The van der Waals surface area contributed by atoms with Crippen molar-refractivity contribution >= 4 is 24.3 Å². The van der Waals surface area contributed by atoms with E-state index < -0.39 is 7.12 Å². The van der Waals surface area contributed by atoms with Gasteiger partial charge in [-0.3, -0.25) is 0 Å². The Morgan fingerprint density at radius 3 is 2.74 bits per heavy atom. The van der Waals surface area contributed by atoms with E-state index in [9.17, 15) is 10.0 Å². The summed E-state index contributed by atoms with van der Waals surface area (Å²) in [6.45, 7) is 1.71. The minimum Gasteiger partial charge on any atom is -0.497 e. The molecule has 0 saturated carbocycles. The van der Waals surface area contributed by atoms with Gasteiger partial charge in [-0.15, -0.1) is 10.2 Å². The zero-order valence-electron chi connectivity index (χ0n) is 10.5. The van der Waals surface area contributed by atoms with Crippen LogP contribution < -0.4 is 10.2 Å². The van der Waals surface area contributed by atoms with E-state index in [0.29, 0.717) is 28.1 Å². The fraction of sp³-hybridized carbons (Fsp3) is 0.273. The minimum absolute atomic E-state index is 0.435. The fourth-order valence-electron chi connectivity index (χ4n) is 1.56. The monoisotopic (exact) mass is 280 g/mol. The van der Waals surface area contributed by atoms with Crippen LogP contribution in [-0.4, -0.2) is 34.5 Å². The summed E-state index contributed by atoms with van der Waals surface area (Å²) >= 11 is 1.33. The molecular weight excluding hydrogens is 267 g/mol. The Kier molecular flexibility index (Phi) is 4.46. The second-order valence-corrected chi connectivity index (χ2v) is 4.74. The van der Waals surface area contributed by atoms with E-state index in [1.165, 1.54) is 11.8 Å². The van der Waals surface area contributed by atoms with Gasteiger partial charge in [-0.2, -0.15) is 0 Å². The number of aromatic nitrogens is 2. The van der Waals surface area contributed by atoms with Gasteiger partial charge in [0, 0.05) is 12.7 Å². The summed E-state index contributed by atoms with van der Waals surface area (Å²) in [5.74, 6) is 1.63. The van der Waals surface area contributed by atoms with Crippen LogP contribution in [0.25, 0.3) is 0 Å². The number of benzene rings is 1. The van der Waals surface area contributed by atoms with E-state index in [2.05, 4.69) is 10.2 Å². The molecule has 1 aromatic carbocycles. The molecule has 2 aromatic rings. The number of aryl methyl sites for hydroxylation is 1. The number of thioether (sulfide) groups is 1. The molecule has 0 aliphatic heterocycles. The van der Waals surface area contributed by atoms with Gasteiger partial charge in [-0.25, -0.2) is 0 Å². The second kappa shape index (κ2) is 6.09. The third kappa shape index (κ3) is 3.49. The average molecular weight is 280 g/mol. The molecule has 0 aliphatic carbocycles. The fourth-order valence-corrected chi connectivity index (χ4v) is 2.37. The first-order chi connectivity index (χ1) is 9.10. The lowest BCUT2D eigenvalue weighted by molar-refractivity contribution is 0.413. The first-order valence-electron chi connectivity index (χ1n) is 5.56. The summed E-state index contributed by atoms with van der Waals surface area (Å²) in [5, 5.41) is 26.7. The normalized spacial score (nSPS) is 10.5. The third-order valence-corrected chi connectivity index (χ3v) is 3.35. The standard InChI is InChI=1S/C11H13BN2O4S/c1-7-13-14-11(18-7)19-6-8-5-9(17-2)3-4-10(8)12(15)16/h3-5,15-16H,6H2,1-2H3. The summed E-state index contributed by atoms with van der Waals surface area (Å²) in [5.41, 5.74) is 1.18. The van der Waals surface area contributed by atoms with Crippen LogP contribution in [0.15, 0.2) is 27.8 Å². The molecule has 1 aromatic heterocycles. The van der Waals surface area contributed by atoms with E-state index in [0.717, 1.165) is 5.56 Å². The zero-order chi connectivity index (χ0) is 13.8. The van der Waals surface area contributed by atoms with Gasteiger partial charge in [-0.1, -0.05) is 17.8 Å². The van der Waals surface area contributed by atoms with Crippen molar-refractivity contribution in [1.29, 1.82) is 0 Å². The Morgan fingerprint density at radius 1 is 1.37 bits per heavy atom. The quantitative estimate of drug-likeness (QED) is 0.603. The van der Waals surface area contributed by atoms with Crippen LogP contribution >= 0.6 is 11.8 Å². The van der Waals surface area contributed by atoms with Crippen LogP contribution in [0.1, 0.15) is 11.5 Å². The molecule has 0 fully saturated rings. The summed E-state index contributed by atoms with van der Waals surface area (Å²) in [6.07, 6.45) is 0. The first-order valence-corrected chi connectivity index (χ1v) is 6.54. The largest absolute Gasteiger partial charge is 0.497 e. The highest BCUT2D eigenvalue weighted by molar-refractivity contribution is 7.98. The van der Waals surface area contributed by atoms with Crippen molar-refractivity contribution in [1.82, 2.24) is 10.2 Å². The maximum atomic E-state index is 9.32. The highest BCUT2D eigenvalue weighted by Gasteiger charge is 2.17. The van der Waals surface area contributed by atoms with E-state index in [1.54, 1.807) is 32.2 Å². The molecule has 1 heterocycles. The molecule has 6 nitrogen and oxygen atoms in total. The molecule has 0 radical (unpaired) electrons. The lowest BCUT2D eigenvalue weighted by atomic mass is 9.77. The first kappa shape index (κ1) is 13.9. The van der Waals surface area contributed by atoms with E-state index in [-0.39, 0.29) is 0 Å². The SMILES string of the molecule is COc1ccc(B(O)O)c(CSc2nnc(C)o2)c1. The lowest BCUT2D eigenvalue weighted by Gasteiger charge is -2.09. The number of methoxy groups -OCH3 is 1. The molecule has 0 atom stereocenters. The Hall–Kier alpha value is -1.51. The van der Waals surface area contributed by atoms with Crippen molar-refractivity contribution in [3.8, 4) is 5.75 Å². The number of nitrogens with zero attached hydrogens (tertiary/aromatic N) is 2. The molecule has 0 amide bonds.